The Morgan fingerprint density at radius 2 is 1.82 bits per heavy atom. The number of nitrogens with one attached hydrogen (secondary N) is 1. The molecular formula is C11H21N3O3. The predicted octanol–water partition coefficient (Wildman–Crippen LogP) is 0.0542. The Morgan fingerprint density at radius 1 is 1.24 bits per heavy atom. The van der Waals surface area contributed by atoms with E-state index in [0.717, 1.165) is 6.54 Å². The van der Waals surface area contributed by atoms with Crippen molar-refractivity contribution in [3.8, 4) is 0 Å². The Balaban J connectivity index is 2.27. The van der Waals surface area contributed by atoms with Crippen LogP contribution < -0.4 is 5.32 Å². The van der Waals surface area contributed by atoms with Crippen LogP contribution in [-0.4, -0.2) is 67.7 Å². The van der Waals surface area contributed by atoms with Crippen molar-refractivity contribution >= 4 is 12.0 Å². The molecule has 0 aromatic heterocycles. The molecule has 1 aliphatic carbocycles. The Hall–Kier alpha value is -1.30. The molecule has 1 rings (SSSR count). The van der Waals surface area contributed by atoms with E-state index in [2.05, 4.69) is 5.32 Å². The van der Waals surface area contributed by atoms with Gasteiger partial charge < -0.3 is 20.2 Å². The van der Waals surface area contributed by atoms with Crippen LogP contribution in [0.5, 0.6) is 0 Å². The fourth-order valence-corrected chi connectivity index (χ4v) is 1.45. The van der Waals surface area contributed by atoms with Crippen molar-refractivity contribution in [2.75, 3.05) is 40.8 Å². The molecular weight excluding hydrogens is 222 g/mol. The van der Waals surface area contributed by atoms with E-state index in [9.17, 15) is 9.59 Å². The van der Waals surface area contributed by atoms with Crippen LogP contribution in [0.2, 0.25) is 0 Å². The standard InChI is InChI=1S/C11H21N3O3/c1-13(2)6-7-14(3)10(17)12-8-11(4-5-11)9(15)16/h4-8H2,1-3H3,(H,12,17)(H,15,16). The van der Waals surface area contributed by atoms with Gasteiger partial charge in [0.25, 0.3) is 0 Å². The van der Waals surface area contributed by atoms with Gasteiger partial charge in [0.05, 0.1) is 5.41 Å². The molecule has 2 N–H and O–H groups in total. The molecule has 0 bridgehead atoms. The molecule has 0 aliphatic heterocycles. The van der Waals surface area contributed by atoms with Gasteiger partial charge in [-0.15, -0.1) is 0 Å². The number of carbonyl (C=O) groups excluding carboxylic acids is 1. The molecule has 6 nitrogen and oxygen atoms in total. The number of nitrogens with zero attached hydrogens (tertiary/aromatic N) is 2. The minimum Gasteiger partial charge on any atom is -0.481 e. The molecule has 98 valence electrons. The molecule has 0 aromatic carbocycles. The zero-order chi connectivity index (χ0) is 13.1. The Labute approximate surface area is 102 Å². The zero-order valence-corrected chi connectivity index (χ0v) is 10.7. The Morgan fingerprint density at radius 3 is 2.24 bits per heavy atom. The Bertz CT molecular complexity index is 300. The number of rotatable bonds is 6. The quantitative estimate of drug-likeness (QED) is 0.691. The first-order chi connectivity index (χ1) is 7.87. The lowest BCUT2D eigenvalue weighted by Gasteiger charge is -2.21. The van der Waals surface area contributed by atoms with Crippen LogP contribution in [0, 0.1) is 5.41 Å². The second-order valence-corrected chi connectivity index (χ2v) is 4.97. The SMILES string of the molecule is CN(C)CCN(C)C(=O)NCC1(C(=O)O)CC1. The monoisotopic (exact) mass is 243 g/mol. The van der Waals surface area contributed by atoms with E-state index in [1.165, 1.54) is 0 Å². The van der Waals surface area contributed by atoms with E-state index in [1.807, 2.05) is 19.0 Å². The highest BCUT2D eigenvalue weighted by molar-refractivity contribution is 5.80. The maximum absolute atomic E-state index is 11.7. The van der Waals surface area contributed by atoms with Gasteiger partial charge >= 0.3 is 12.0 Å². The van der Waals surface area contributed by atoms with Gasteiger partial charge in [-0.1, -0.05) is 0 Å². The van der Waals surface area contributed by atoms with Crippen molar-refractivity contribution in [1.29, 1.82) is 0 Å². The molecule has 0 atom stereocenters. The summed E-state index contributed by atoms with van der Waals surface area (Å²) in [4.78, 5) is 26.1. The molecule has 0 heterocycles. The summed E-state index contributed by atoms with van der Waals surface area (Å²) in [6.07, 6.45) is 1.31. The van der Waals surface area contributed by atoms with Crippen LogP contribution in [0.25, 0.3) is 0 Å². The van der Waals surface area contributed by atoms with Crippen molar-refractivity contribution in [1.82, 2.24) is 15.1 Å². The highest BCUT2D eigenvalue weighted by Gasteiger charge is 2.50. The number of likely N-dealkylation sites (N-methyl/N-ethyl adjacent to an activating group) is 2. The molecule has 0 saturated heterocycles. The number of carboxylic acid groups (broad SMARTS) is 1. The molecule has 0 radical (unpaired) electrons. The van der Waals surface area contributed by atoms with Crippen molar-refractivity contribution < 1.29 is 14.7 Å². The molecule has 0 unspecified atom stereocenters. The summed E-state index contributed by atoms with van der Waals surface area (Å²) in [5.41, 5.74) is -0.696. The van der Waals surface area contributed by atoms with Gasteiger partial charge in [0.15, 0.2) is 0 Å². The third-order valence-corrected chi connectivity index (χ3v) is 3.11. The van der Waals surface area contributed by atoms with Crippen molar-refractivity contribution in [2.45, 2.75) is 12.8 Å². The van der Waals surface area contributed by atoms with E-state index in [4.69, 9.17) is 5.11 Å². The first-order valence-corrected chi connectivity index (χ1v) is 5.74. The van der Waals surface area contributed by atoms with Gasteiger partial charge in [-0.3, -0.25) is 4.79 Å². The van der Waals surface area contributed by atoms with Crippen LogP contribution >= 0.6 is 0 Å². The number of carboxylic acids is 1. The highest BCUT2D eigenvalue weighted by atomic mass is 16.4. The summed E-state index contributed by atoms with van der Waals surface area (Å²) in [7, 11) is 5.59. The number of hydrogen-bond donors (Lipinski definition) is 2. The number of amides is 2. The molecule has 0 spiro atoms. The predicted molar refractivity (Wildman–Crippen MR) is 63.9 cm³/mol. The summed E-state index contributed by atoms with van der Waals surface area (Å²) in [5, 5.41) is 11.6. The average molecular weight is 243 g/mol. The van der Waals surface area contributed by atoms with E-state index in [1.54, 1.807) is 11.9 Å². The zero-order valence-electron chi connectivity index (χ0n) is 10.7. The average Bonchev–Trinajstić information content (AvgIpc) is 3.03. The molecule has 17 heavy (non-hydrogen) atoms. The van der Waals surface area contributed by atoms with Gasteiger partial charge in [0.2, 0.25) is 0 Å². The van der Waals surface area contributed by atoms with Crippen LogP contribution in [0.15, 0.2) is 0 Å². The lowest BCUT2D eigenvalue weighted by molar-refractivity contribution is -0.143. The van der Waals surface area contributed by atoms with Crippen LogP contribution in [0.4, 0.5) is 4.79 Å². The van der Waals surface area contributed by atoms with Crippen molar-refractivity contribution in [3.63, 3.8) is 0 Å². The maximum atomic E-state index is 11.7. The molecule has 0 aromatic rings. The summed E-state index contributed by atoms with van der Waals surface area (Å²) < 4.78 is 0. The fourth-order valence-electron chi connectivity index (χ4n) is 1.45. The third kappa shape index (κ3) is 3.89. The van der Waals surface area contributed by atoms with Crippen LogP contribution in [0.3, 0.4) is 0 Å². The van der Waals surface area contributed by atoms with Gasteiger partial charge in [-0.2, -0.15) is 0 Å². The van der Waals surface area contributed by atoms with E-state index in [-0.39, 0.29) is 12.6 Å². The second-order valence-electron chi connectivity index (χ2n) is 4.97. The Kier molecular flexibility index (Phi) is 4.34. The first kappa shape index (κ1) is 13.8. The topological polar surface area (TPSA) is 72.9 Å². The largest absolute Gasteiger partial charge is 0.481 e. The van der Waals surface area contributed by atoms with Crippen LogP contribution in [-0.2, 0) is 4.79 Å². The summed E-state index contributed by atoms with van der Waals surface area (Å²) in [6.45, 7) is 1.64. The number of hydrogen-bond acceptors (Lipinski definition) is 3. The number of carbonyl (C=O) groups is 2. The van der Waals surface area contributed by atoms with Crippen molar-refractivity contribution in [2.24, 2.45) is 5.41 Å². The van der Waals surface area contributed by atoms with E-state index < -0.39 is 11.4 Å². The van der Waals surface area contributed by atoms with Gasteiger partial charge in [0.1, 0.15) is 0 Å². The summed E-state index contributed by atoms with van der Waals surface area (Å²) in [6, 6.07) is -0.209. The lowest BCUT2D eigenvalue weighted by atomic mass is 10.1. The maximum Gasteiger partial charge on any atom is 0.317 e. The minimum absolute atomic E-state index is 0.209. The number of aliphatic carboxylic acids is 1. The number of urea groups is 1. The fraction of sp³-hybridized carbons (Fsp3) is 0.818. The molecule has 6 heteroatoms. The lowest BCUT2D eigenvalue weighted by Crippen LogP contribution is -2.43. The normalized spacial score (nSPS) is 16.7. The van der Waals surface area contributed by atoms with Gasteiger partial charge in [-0.25, -0.2) is 4.79 Å². The summed E-state index contributed by atoms with van der Waals surface area (Å²) >= 11 is 0. The third-order valence-electron chi connectivity index (χ3n) is 3.11. The minimum atomic E-state index is -0.811. The molecule has 1 fully saturated rings. The molecule has 2 amide bonds. The van der Waals surface area contributed by atoms with Gasteiger partial charge in [-0.05, 0) is 26.9 Å². The summed E-state index contributed by atoms with van der Waals surface area (Å²) in [5.74, 6) is -0.811. The van der Waals surface area contributed by atoms with Crippen molar-refractivity contribution in [3.05, 3.63) is 0 Å². The highest BCUT2D eigenvalue weighted by Crippen LogP contribution is 2.45. The van der Waals surface area contributed by atoms with E-state index >= 15 is 0 Å². The van der Waals surface area contributed by atoms with Gasteiger partial charge in [0, 0.05) is 26.7 Å². The second kappa shape index (κ2) is 5.35. The molecule has 1 saturated carbocycles. The van der Waals surface area contributed by atoms with E-state index in [0.29, 0.717) is 19.4 Å². The smallest absolute Gasteiger partial charge is 0.317 e. The first-order valence-electron chi connectivity index (χ1n) is 5.74. The molecule has 1 aliphatic rings. The van der Waals surface area contributed by atoms with Crippen LogP contribution in [0.1, 0.15) is 12.8 Å².